The zero-order chi connectivity index (χ0) is 23.4. The van der Waals surface area contributed by atoms with Gasteiger partial charge in [-0.25, -0.2) is 8.78 Å². The van der Waals surface area contributed by atoms with E-state index in [0.29, 0.717) is 10.7 Å². The Hall–Kier alpha value is -3.30. The molecule has 33 heavy (non-hydrogen) atoms. The lowest BCUT2D eigenvalue weighted by atomic mass is 10.1. The molecule has 1 N–H and O–H groups in total. The van der Waals surface area contributed by atoms with Gasteiger partial charge < -0.3 is 5.32 Å². The summed E-state index contributed by atoms with van der Waals surface area (Å²) >= 11 is 7.32. The topological polar surface area (TPSA) is 72.7 Å². The molecule has 0 aliphatic heterocycles. The van der Waals surface area contributed by atoms with Crippen molar-refractivity contribution in [2.24, 2.45) is 0 Å². The summed E-state index contributed by atoms with van der Waals surface area (Å²) < 4.78 is 29.1. The summed E-state index contributed by atoms with van der Waals surface area (Å²) in [6.07, 6.45) is 0. The predicted octanol–water partition coefficient (Wildman–Crippen LogP) is 5.90. The van der Waals surface area contributed by atoms with Gasteiger partial charge in [-0.15, -0.1) is 5.10 Å². The van der Waals surface area contributed by atoms with Crippen molar-refractivity contribution in [3.05, 3.63) is 95.0 Å². The standard InChI is InChI=1S/C23H18ClF2N5OS/c1-23(25,26)16-12-13-18(24)19(14-16)27-21(32)20(15-8-4-2-5-9-15)33-22-28-29-30-31(22)17-10-6-3-7-11-17/h2-14,20H,1H3,(H,27,32). The van der Waals surface area contributed by atoms with E-state index in [4.69, 9.17) is 11.6 Å². The van der Waals surface area contributed by atoms with Gasteiger partial charge in [-0.1, -0.05) is 78.0 Å². The number of tetrazole rings is 1. The van der Waals surface area contributed by atoms with E-state index in [1.165, 1.54) is 22.9 Å². The number of nitrogens with zero attached hydrogens (tertiary/aromatic N) is 4. The number of rotatable bonds is 7. The molecule has 1 atom stereocenters. The summed E-state index contributed by atoms with van der Waals surface area (Å²) in [7, 11) is 0. The zero-order valence-corrected chi connectivity index (χ0v) is 18.9. The average Bonchev–Trinajstić information content (AvgIpc) is 3.27. The number of alkyl halides is 2. The second kappa shape index (κ2) is 9.68. The number of hydrogen-bond acceptors (Lipinski definition) is 5. The Morgan fingerprint density at radius 2 is 1.73 bits per heavy atom. The minimum absolute atomic E-state index is 0.102. The first kappa shape index (κ1) is 22.9. The molecular formula is C23H18ClF2N5OS. The van der Waals surface area contributed by atoms with Gasteiger partial charge in [0.15, 0.2) is 0 Å². The van der Waals surface area contributed by atoms with Crippen molar-refractivity contribution in [2.45, 2.75) is 23.3 Å². The van der Waals surface area contributed by atoms with Crippen LogP contribution >= 0.6 is 23.4 Å². The van der Waals surface area contributed by atoms with Crippen molar-refractivity contribution >= 4 is 35.0 Å². The highest BCUT2D eigenvalue weighted by atomic mass is 35.5. The van der Waals surface area contributed by atoms with Gasteiger partial charge in [-0.3, -0.25) is 4.79 Å². The van der Waals surface area contributed by atoms with Crippen LogP contribution in [0.25, 0.3) is 5.69 Å². The van der Waals surface area contributed by atoms with Crippen LogP contribution in [0, 0.1) is 0 Å². The fourth-order valence-electron chi connectivity index (χ4n) is 3.08. The summed E-state index contributed by atoms with van der Waals surface area (Å²) in [6, 6.07) is 22.1. The third-order valence-corrected chi connectivity index (χ3v) is 6.25. The Morgan fingerprint density at radius 1 is 1.06 bits per heavy atom. The number of aromatic nitrogens is 4. The number of hydrogen-bond donors (Lipinski definition) is 1. The number of carbonyl (C=O) groups is 1. The molecule has 168 valence electrons. The molecule has 1 aromatic heterocycles. The second-order valence-electron chi connectivity index (χ2n) is 7.19. The van der Waals surface area contributed by atoms with Gasteiger partial charge in [0, 0.05) is 12.5 Å². The molecule has 0 saturated heterocycles. The summed E-state index contributed by atoms with van der Waals surface area (Å²) in [5, 5.41) is 14.3. The van der Waals surface area contributed by atoms with E-state index in [2.05, 4.69) is 20.8 Å². The number of amides is 1. The summed E-state index contributed by atoms with van der Waals surface area (Å²) in [5.41, 5.74) is 1.28. The Labute approximate surface area is 198 Å². The number of carbonyl (C=O) groups excluding carboxylic acids is 1. The Kier molecular flexibility index (Phi) is 6.71. The first-order valence-corrected chi connectivity index (χ1v) is 11.1. The van der Waals surface area contributed by atoms with E-state index in [1.54, 1.807) is 12.1 Å². The van der Waals surface area contributed by atoms with Crippen molar-refractivity contribution in [3.63, 3.8) is 0 Å². The Balaban J connectivity index is 1.66. The number of anilines is 1. The lowest BCUT2D eigenvalue weighted by molar-refractivity contribution is -0.115. The summed E-state index contributed by atoms with van der Waals surface area (Å²) in [6.45, 7) is 0.786. The van der Waals surface area contributed by atoms with Gasteiger partial charge in [-0.05, 0) is 40.3 Å². The highest BCUT2D eigenvalue weighted by Gasteiger charge is 2.28. The number of benzene rings is 3. The molecule has 0 radical (unpaired) electrons. The number of halogens is 3. The number of nitrogens with one attached hydrogen (secondary N) is 1. The molecule has 6 nitrogen and oxygen atoms in total. The maximum Gasteiger partial charge on any atom is 0.270 e. The molecule has 4 rings (SSSR count). The van der Waals surface area contributed by atoms with Gasteiger partial charge in [-0.2, -0.15) is 4.68 Å². The van der Waals surface area contributed by atoms with E-state index in [1.807, 2.05) is 48.5 Å². The molecule has 0 spiro atoms. The fraction of sp³-hybridized carbons (Fsp3) is 0.130. The molecule has 10 heteroatoms. The van der Waals surface area contributed by atoms with E-state index in [9.17, 15) is 13.6 Å². The highest BCUT2D eigenvalue weighted by molar-refractivity contribution is 8.00. The van der Waals surface area contributed by atoms with Crippen LogP contribution in [0.2, 0.25) is 5.02 Å². The van der Waals surface area contributed by atoms with Crippen LogP contribution in [0.3, 0.4) is 0 Å². The van der Waals surface area contributed by atoms with Gasteiger partial charge in [0.25, 0.3) is 5.92 Å². The van der Waals surface area contributed by atoms with Crippen molar-refractivity contribution in [3.8, 4) is 5.69 Å². The van der Waals surface area contributed by atoms with Crippen LogP contribution in [0.15, 0.2) is 84.0 Å². The molecular weight excluding hydrogens is 468 g/mol. The fourth-order valence-corrected chi connectivity index (χ4v) is 4.24. The largest absolute Gasteiger partial charge is 0.323 e. The van der Waals surface area contributed by atoms with Crippen LogP contribution in [0.4, 0.5) is 14.5 Å². The SMILES string of the molecule is CC(F)(F)c1ccc(Cl)c(NC(=O)C(Sc2nnnn2-c2ccccc2)c2ccccc2)c1. The Morgan fingerprint density at radius 3 is 2.39 bits per heavy atom. The molecule has 0 saturated carbocycles. The molecule has 1 unspecified atom stereocenters. The van der Waals surface area contributed by atoms with E-state index >= 15 is 0 Å². The van der Waals surface area contributed by atoms with E-state index < -0.39 is 17.1 Å². The van der Waals surface area contributed by atoms with Crippen molar-refractivity contribution in [2.75, 3.05) is 5.32 Å². The molecule has 0 aliphatic rings. The van der Waals surface area contributed by atoms with Crippen LogP contribution in [0.1, 0.15) is 23.3 Å². The smallest absolute Gasteiger partial charge is 0.270 e. The normalized spacial score (nSPS) is 12.4. The molecule has 3 aromatic carbocycles. The lowest BCUT2D eigenvalue weighted by Gasteiger charge is -2.18. The lowest BCUT2D eigenvalue weighted by Crippen LogP contribution is -2.20. The van der Waals surface area contributed by atoms with Gasteiger partial charge >= 0.3 is 0 Å². The van der Waals surface area contributed by atoms with E-state index in [0.717, 1.165) is 24.4 Å². The maximum absolute atomic E-state index is 13.8. The molecule has 4 aromatic rings. The third-order valence-electron chi connectivity index (χ3n) is 4.74. The van der Waals surface area contributed by atoms with Gasteiger partial charge in [0.1, 0.15) is 5.25 Å². The predicted molar refractivity (Wildman–Crippen MR) is 124 cm³/mol. The van der Waals surface area contributed by atoms with Gasteiger partial charge in [0.2, 0.25) is 11.1 Å². The first-order chi connectivity index (χ1) is 15.8. The second-order valence-corrected chi connectivity index (χ2v) is 8.67. The minimum Gasteiger partial charge on any atom is -0.323 e. The highest BCUT2D eigenvalue weighted by Crippen LogP contribution is 2.37. The molecule has 1 heterocycles. The van der Waals surface area contributed by atoms with Crippen molar-refractivity contribution in [1.82, 2.24) is 20.2 Å². The Bertz CT molecular complexity index is 1250. The molecule has 0 aliphatic carbocycles. The molecule has 1 amide bonds. The van der Waals surface area contributed by atoms with Crippen molar-refractivity contribution < 1.29 is 13.6 Å². The van der Waals surface area contributed by atoms with E-state index in [-0.39, 0.29) is 16.3 Å². The third kappa shape index (κ3) is 5.37. The van der Waals surface area contributed by atoms with Crippen LogP contribution < -0.4 is 5.32 Å². The van der Waals surface area contributed by atoms with Crippen LogP contribution in [0.5, 0.6) is 0 Å². The van der Waals surface area contributed by atoms with Crippen LogP contribution in [-0.2, 0) is 10.7 Å². The van der Waals surface area contributed by atoms with Gasteiger partial charge in [0.05, 0.1) is 16.4 Å². The number of para-hydroxylation sites is 1. The monoisotopic (exact) mass is 485 g/mol. The maximum atomic E-state index is 13.8. The average molecular weight is 486 g/mol. The zero-order valence-electron chi connectivity index (χ0n) is 17.3. The first-order valence-electron chi connectivity index (χ1n) is 9.87. The minimum atomic E-state index is -3.07. The summed E-state index contributed by atoms with van der Waals surface area (Å²) in [4.78, 5) is 13.3. The quantitative estimate of drug-likeness (QED) is 0.330. The number of thioether (sulfide) groups is 1. The van der Waals surface area contributed by atoms with Crippen molar-refractivity contribution in [1.29, 1.82) is 0 Å². The van der Waals surface area contributed by atoms with Crippen LogP contribution in [-0.4, -0.2) is 26.1 Å². The molecule has 0 bridgehead atoms. The molecule has 0 fully saturated rings. The summed E-state index contributed by atoms with van der Waals surface area (Å²) in [5.74, 6) is -3.53.